The molecule has 5 heteroatoms. The molecular formula is C10H17N3O2. The van der Waals surface area contributed by atoms with Gasteiger partial charge in [-0.3, -0.25) is 20.2 Å². The van der Waals surface area contributed by atoms with Gasteiger partial charge in [0, 0.05) is 0 Å². The molecule has 2 N–H and O–H groups in total. The fourth-order valence-corrected chi connectivity index (χ4v) is 1.28. The Hall–Kier alpha value is -1.39. The zero-order valence-corrected chi connectivity index (χ0v) is 9.33. The van der Waals surface area contributed by atoms with Crippen molar-refractivity contribution in [3.05, 3.63) is 0 Å². The molecule has 5 nitrogen and oxygen atoms in total. The summed E-state index contributed by atoms with van der Waals surface area (Å²) >= 11 is 0. The summed E-state index contributed by atoms with van der Waals surface area (Å²) in [5, 5.41) is 4.75. The van der Waals surface area contributed by atoms with Crippen LogP contribution in [0.1, 0.15) is 33.6 Å². The van der Waals surface area contributed by atoms with E-state index in [4.69, 9.17) is 0 Å². The van der Waals surface area contributed by atoms with Gasteiger partial charge in [-0.05, 0) is 25.7 Å². The summed E-state index contributed by atoms with van der Waals surface area (Å²) in [6.07, 6.45) is 2.03. The highest BCUT2D eigenvalue weighted by atomic mass is 16.2. The average Bonchev–Trinajstić information content (AvgIpc) is 2.42. The van der Waals surface area contributed by atoms with Crippen molar-refractivity contribution >= 4 is 17.8 Å². The number of aliphatic imine (C=N–C) groups is 1. The number of guanidine groups is 1. The number of carbonyl (C=O) groups is 2. The van der Waals surface area contributed by atoms with E-state index >= 15 is 0 Å². The van der Waals surface area contributed by atoms with Crippen LogP contribution in [0, 0.1) is 5.92 Å². The van der Waals surface area contributed by atoms with Crippen LogP contribution in [0.25, 0.3) is 0 Å². The van der Waals surface area contributed by atoms with Crippen molar-refractivity contribution < 1.29 is 9.59 Å². The molecule has 0 saturated carbocycles. The fraction of sp³-hybridized carbons (Fsp3) is 0.700. The Morgan fingerprint density at radius 2 is 1.60 bits per heavy atom. The first-order valence-electron chi connectivity index (χ1n) is 5.19. The molecule has 15 heavy (non-hydrogen) atoms. The highest BCUT2D eigenvalue weighted by Crippen LogP contribution is 2.08. The average molecular weight is 211 g/mol. The van der Waals surface area contributed by atoms with E-state index in [0.29, 0.717) is 5.92 Å². The van der Waals surface area contributed by atoms with Crippen molar-refractivity contribution in [1.82, 2.24) is 10.6 Å². The summed E-state index contributed by atoms with van der Waals surface area (Å²) in [4.78, 5) is 25.9. The topological polar surface area (TPSA) is 70.6 Å². The molecular weight excluding hydrogens is 194 g/mol. The third-order valence-corrected chi connectivity index (χ3v) is 2.18. The maximum atomic E-state index is 10.8. The maximum Gasteiger partial charge on any atom is 0.316 e. The van der Waals surface area contributed by atoms with Crippen LogP contribution in [0.2, 0.25) is 0 Å². The second-order valence-electron chi connectivity index (χ2n) is 4.21. The standard InChI is InChI=1S/C10H17N3O2/c1-6(2)4-5-7(3)11-10-12-8(14)9(15)13-10/h6-7H,4-5H2,1-3H3,(H2,11,12,13,14,15). The first-order chi connectivity index (χ1) is 6.99. The first kappa shape index (κ1) is 11.7. The van der Waals surface area contributed by atoms with E-state index in [2.05, 4.69) is 29.5 Å². The van der Waals surface area contributed by atoms with E-state index in [0.717, 1.165) is 12.8 Å². The SMILES string of the molecule is CC(C)CCC(C)N=C1NC(=O)C(=O)N1. The Kier molecular flexibility index (Phi) is 3.82. The van der Waals surface area contributed by atoms with Crippen LogP contribution in [0.4, 0.5) is 0 Å². The normalized spacial score (nSPS) is 17.7. The highest BCUT2D eigenvalue weighted by molar-refractivity contribution is 6.45. The number of nitrogens with one attached hydrogen (secondary N) is 2. The van der Waals surface area contributed by atoms with Crippen molar-refractivity contribution in [2.24, 2.45) is 10.9 Å². The minimum Gasteiger partial charge on any atom is -0.288 e. The first-order valence-corrected chi connectivity index (χ1v) is 5.19. The summed E-state index contributed by atoms with van der Waals surface area (Å²) in [5.74, 6) is -0.351. The summed E-state index contributed by atoms with van der Waals surface area (Å²) in [5.41, 5.74) is 0. The van der Waals surface area contributed by atoms with Crippen molar-refractivity contribution in [2.45, 2.75) is 39.7 Å². The molecule has 1 aliphatic heterocycles. The Balaban J connectivity index is 2.43. The molecule has 1 aliphatic rings. The van der Waals surface area contributed by atoms with Crippen LogP contribution < -0.4 is 10.6 Å². The van der Waals surface area contributed by atoms with Gasteiger partial charge in [-0.25, -0.2) is 4.99 Å². The van der Waals surface area contributed by atoms with Crippen LogP contribution in [-0.4, -0.2) is 23.8 Å². The predicted octanol–water partition coefficient (Wildman–Crippen LogP) is 0.413. The zero-order chi connectivity index (χ0) is 11.4. The van der Waals surface area contributed by atoms with Gasteiger partial charge in [0.15, 0.2) is 0 Å². The third-order valence-electron chi connectivity index (χ3n) is 2.18. The number of amides is 2. The van der Waals surface area contributed by atoms with Crippen LogP contribution in [0.15, 0.2) is 4.99 Å². The number of hydrogen-bond acceptors (Lipinski definition) is 3. The maximum absolute atomic E-state index is 10.8. The van der Waals surface area contributed by atoms with E-state index in [9.17, 15) is 9.59 Å². The molecule has 1 saturated heterocycles. The number of nitrogens with zero attached hydrogens (tertiary/aromatic N) is 1. The van der Waals surface area contributed by atoms with Gasteiger partial charge >= 0.3 is 11.8 Å². The molecule has 1 unspecified atom stereocenters. The van der Waals surface area contributed by atoms with Crippen molar-refractivity contribution in [1.29, 1.82) is 0 Å². The Morgan fingerprint density at radius 3 is 2.07 bits per heavy atom. The molecule has 1 fully saturated rings. The molecule has 0 spiro atoms. The fourth-order valence-electron chi connectivity index (χ4n) is 1.28. The quantitative estimate of drug-likeness (QED) is 0.661. The smallest absolute Gasteiger partial charge is 0.288 e. The van der Waals surface area contributed by atoms with E-state index in [1.165, 1.54) is 0 Å². The number of hydrogen-bond donors (Lipinski definition) is 2. The van der Waals surface area contributed by atoms with E-state index in [1.54, 1.807) is 0 Å². The lowest BCUT2D eigenvalue weighted by Crippen LogP contribution is -2.27. The lowest BCUT2D eigenvalue weighted by Gasteiger charge is -2.09. The number of carbonyl (C=O) groups excluding carboxylic acids is 2. The van der Waals surface area contributed by atoms with Crippen LogP contribution >= 0.6 is 0 Å². The molecule has 1 atom stereocenters. The second-order valence-corrected chi connectivity index (χ2v) is 4.21. The minimum absolute atomic E-state index is 0.112. The van der Waals surface area contributed by atoms with Crippen molar-refractivity contribution in [3.63, 3.8) is 0 Å². The van der Waals surface area contributed by atoms with Gasteiger partial charge in [0.2, 0.25) is 5.96 Å². The number of rotatable bonds is 4. The third kappa shape index (κ3) is 3.69. The largest absolute Gasteiger partial charge is 0.316 e. The van der Waals surface area contributed by atoms with Crippen LogP contribution in [-0.2, 0) is 9.59 Å². The van der Waals surface area contributed by atoms with Crippen molar-refractivity contribution in [2.75, 3.05) is 0 Å². The van der Waals surface area contributed by atoms with Gasteiger partial charge in [0.1, 0.15) is 0 Å². The van der Waals surface area contributed by atoms with Gasteiger partial charge in [-0.1, -0.05) is 13.8 Å². The molecule has 0 radical (unpaired) electrons. The summed E-state index contributed by atoms with van der Waals surface area (Å²) in [6.45, 7) is 6.27. The molecule has 1 heterocycles. The molecule has 1 rings (SSSR count). The van der Waals surface area contributed by atoms with Gasteiger partial charge in [-0.2, -0.15) is 0 Å². The van der Waals surface area contributed by atoms with Gasteiger partial charge in [0.25, 0.3) is 0 Å². The van der Waals surface area contributed by atoms with E-state index in [-0.39, 0.29) is 12.0 Å². The molecule has 0 aliphatic carbocycles. The molecule has 0 aromatic heterocycles. The van der Waals surface area contributed by atoms with Crippen LogP contribution in [0.5, 0.6) is 0 Å². The Bertz CT molecular complexity index is 279. The van der Waals surface area contributed by atoms with Crippen LogP contribution in [0.3, 0.4) is 0 Å². The molecule has 0 aromatic carbocycles. The lowest BCUT2D eigenvalue weighted by molar-refractivity contribution is -0.135. The van der Waals surface area contributed by atoms with Gasteiger partial charge in [-0.15, -0.1) is 0 Å². The molecule has 2 amide bonds. The summed E-state index contributed by atoms with van der Waals surface area (Å²) in [6, 6.07) is 0.112. The second kappa shape index (κ2) is 4.91. The van der Waals surface area contributed by atoms with E-state index < -0.39 is 11.8 Å². The zero-order valence-electron chi connectivity index (χ0n) is 9.33. The summed E-state index contributed by atoms with van der Waals surface area (Å²) in [7, 11) is 0. The Labute approximate surface area is 89.3 Å². The van der Waals surface area contributed by atoms with E-state index in [1.807, 2.05) is 6.92 Å². The molecule has 84 valence electrons. The highest BCUT2D eigenvalue weighted by Gasteiger charge is 2.25. The van der Waals surface area contributed by atoms with Crippen molar-refractivity contribution in [3.8, 4) is 0 Å². The summed E-state index contributed by atoms with van der Waals surface area (Å²) < 4.78 is 0. The predicted molar refractivity (Wildman–Crippen MR) is 57.3 cm³/mol. The molecule has 0 aromatic rings. The molecule has 0 bridgehead atoms. The minimum atomic E-state index is -0.634. The van der Waals surface area contributed by atoms with Gasteiger partial charge < -0.3 is 0 Å². The lowest BCUT2D eigenvalue weighted by atomic mass is 10.1. The van der Waals surface area contributed by atoms with Gasteiger partial charge in [0.05, 0.1) is 6.04 Å². The monoisotopic (exact) mass is 211 g/mol. The Morgan fingerprint density at radius 1 is 1.07 bits per heavy atom.